The molecule has 326 valence electrons. The van der Waals surface area contributed by atoms with E-state index in [0.29, 0.717) is 0 Å². The number of carboxylic acids is 1. The molecule has 0 saturated heterocycles. The molecule has 65 heavy (non-hydrogen) atoms. The molecule has 9 rings (SSSR count). The molecule has 0 aliphatic carbocycles. The van der Waals surface area contributed by atoms with Crippen molar-refractivity contribution in [2.45, 2.75) is 78.1 Å². The minimum absolute atomic E-state index is 0.263. The van der Waals surface area contributed by atoms with E-state index in [2.05, 4.69) is 128 Å². The molecule has 0 aliphatic heterocycles. The first-order chi connectivity index (χ1) is 31.9. The lowest BCUT2D eigenvalue weighted by atomic mass is 10.0. The van der Waals surface area contributed by atoms with Crippen molar-refractivity contribution in [3.05, 3.63) is 143 Å². The molecule has 0 radical (unpaired) electrons. The highest BCUT2D eigenvalue weighted by molar-refractivity contribution is 7.29. The molecule has 0 atom stereocenters. The van der Waals surface area contributed by atoms with Gasteiger partial charge in [0, 0.05) is 36.6 Å². The number of aliphatic carboxylic acids is 1. The summed E-state index contributed by atoms with van der Waals surface area (Å²) < 4.78 is 2.25. The number of nitrogens with zero attached hydrogens (tertiary/aromatic N) is 4. The third kappa shape index (κ3) is 10.1. The molecule has 0 amide bonds. The second-order valence-electron chi connectivity index (χ2n) is 16.1. The molecular weight excluding hydrogens is 897 g/mol. The number of thiophene rings is 3. The first-order valence-corrected chi connectivity index (χ1v) is 26.4. The van der Waals surface area contributed by atoms with Crippen LogP contribution in [0.5, 0.6) is 0 Å². The van der Waals surface area contributed by atoms with Crippen molar-refractivity contribution >= 4 is 106 Å². The highest BCUT2D eigenvalue weighted by atomic mass is 32.1. The third-order valence-electron chi connectivity index (χ3n) is 11.4. The van der Waals surface area contributed by atoms with Crippen molar-refractivity contribution in [1.29, 1.82) is 5.26 Å². The van der Waals surface area contributed by atoms with Crippen molar-refractivity contribution in [2.75, 3.05) is 4.90 Å². The molecule has 5 aromatic heterocycles. The second kappa shape index (κ2) is 20.6. The minimum Gasteiger partial charge on any atom is -0.477 e. The van der Waals surface area contributed by atoms with Crippen molar-refractivity contribution in [3.63, 3.8) is 0 Å². The fourth-order valence-electron chi connectivity index (χ4n) is 8.14. The van der Waals surface area contributed by atoms with E-state index in [4.69, 9.17) is 9.97 Å². The highest BCUT2D eigenvalue weighted by Gasteiger charge is 2.21. The maximum absolute atomic E-state index is 11.5. The van der Waals surface area contributed by atoms with Crippen molar-refractivity contribution in [1.82, 2.24) is 9.97 Å². The van der Waals surface area contributed by atoms with E-state index in [1.54, 1.807) is 40.1 Å². The topological polar surface area (TPSA) is 90.1 Å². The smallest absolute Gasteiger partial charge is 0.346 e. The molecule has 6 nitrogen and oxygen atoms in total. The Kier molecular flexibility index (Phi) is 14.1. The number of aromatic nitrogens is 2. The molecule has 11 heteroatoms. The Morgan fingerprint density at radius 3 is 1.65 bits per heavy atom. The average Bonchev–Trinajstić information content (AvgIpc) is 4.19. The summed E-state index contributed by atoms with van der Waals surface area (Å²) in [6.07, 6.45) is 13.0. The number of anilines is 3. The monoisotopic (exact) mass is 944 g/mol. The number of rotatable bonds is 19. The summed E-state index contributed by atoms with van der Waals surface area (Å²) >= 11 is 8.58. The van der Waals surface area contributed by atoms with Gasteiger partial charge < -0.3 is 10.0 Å². The summed E-state index contributed by atoms with van der Waals surface area (Å²) in [5, 5.41) is 20.8. The predicted octanol–water partition coefficient (Wildman–Crippen LogP) is 17.5. The summed E-state index contributed by atoms with van der Waals surface area (Å²) in [6.45, 7) is 4.50. The van der Waals surface area contributed by atoms with Gasteiger partial charge >= 0.3 is 5.97 Å². The number of para-hydroxylation sites is 2. The Balaban J connectivity index is 1.01. The number of hydrogen-bond donors (Lipinski definition) is 1. The molecular formula is C54H48N4O2S5. The van der Waals surface area contributed by atoms with Crippen LogP contribution in [0, 0.1) is 11.3 Å². The van der Waals surface area contributed by atoms with Gasteiger partial charge in [0.1, 0.15) is 21.7 Å². The second-order valence-corrected chi connectivity index (χ2v) is 21.4. The van der Waals surface area contributed by atoms with Crippen molar-refractivity contribution in [2.24, 2.45) is 0 Å². The molecule has 0 bridgehead atoms. The van der Waals surface area contributed by atoms with E-state index in [1.165, 1.54) is 93.7 Å². The highest BCUT2D eigenvalue weighted by Crippen LogP contribution is 2.46. The number of nitriles is 1. The quantitative estimate of drug-likeness (QED) is 0.0493. The normalized spacial score (nSPS) is 11.7. The van der Waals surface area contributed by atoms with Gasteiger partial charge in [0.2, 0.25) is 0 Å². The lowest BCUT2D eigenvalue weighted by Gasteiger charge is -2.25. The molecule has 9 aromatic rings. The number of carboxylic acid groups (broad SMARTS) is 1. The Morgan fingerprint density at radius 1 is 0.600 bits per heavy atom. The Hall–Kier alpha value is -5.74. The molecule has 0 fully saturated rings. The van der Waals surface area contributed by atoms with Gasteiger partial charge in [0.25, 0.3) is 0 Å². The van der Waals surface area contributed by atoms with Gasteiger partial charge in [-0.2, -0.15) is 5.26 Å². The van der Waals surface area contributed by atoms with Crippen LogP contribution in [0.2, 0.25) is 0 Å². The molecule has 4 aromatic carbocycles. The zero-order valence-electron chi connectivity index (χ0n) is 36.4. The van der Waals surface area contributed by atoms with Crippen LogP contribution in [-0.2, 0) is 17.6 Å². The SMILES string of the molecule is CCCCCCc1cc(-c2nc3cc4sc(-c5cc(CCCCCC)c(-c6ccc(/C=C(\C#N)C(=O)O)s6)s5)nc4cc3s2)sc1-c1ccc(N(c2ccccc2)c2ccccc2)cc1. The average molecular weight is 945 g/mol. The maximum Gasteiger partial charge on any atom is 0.346 e. The zero-order valence-corrected chi connectivity index (χ0v) is 40.5. The van der Waals surface area contributed by atoms with Gasteiger partial charge in [-0.3, -0.25) is 0 Å². The van der Waals surface area contributed by atoms with Crippen LogP contribution in [0.3, 0.4) is 0 Å². The number of benzene rings is 4. The lowest BCUT2D eigenvalue weighted by molar-refractivity contribution is -0.132. The molecule has 0 unspecified atom stereocenters. The number of unbranched alkanes of at least 4 members (excludes halogenated alkanes) is 6. The number of carbonyl (C=O) groups is 1. The zero-order chi connectivity index (χ0) is 44.7. The van der Waals surface area contributed by atoms with Crippen LogP contribution < -0.4 is 4.90 Å². The van der Waals surface area contributed by atoms with Crippen LogP contribution in [0.25, 0.3) is 66.5 Å². The molecule has 0 saturated carbocycles. The van der Waals surface area contributed by atoms with Crippen LogP contribution in [0.4, 0.5) is 17.1 Å². The largest absolute Gasteiger partial charge is 0.477 e. The Morgan fingerprint density at radius 2 is 1.12 bits per heavy atom. The summed E-state index contributed by atoms with van der Waals surface area (Å²) in [5.41, 5.74) is 9.02. The van der Waals surface area contributed by atoms with Crippen LogP contribution in [0.15, 0.2) is 127 Å². The van der Waals surface area contributed by atoms with E-state index >= 15 is 0 Å². The van der Waals surface area contributed by atoms with Gasteiger partial charge in [-0.1, -0.05) is 101 Å². The van der Waals surface area contributed by atoms with E-state index in [0.717, 1.165) is 81.4 Å². The van der Waals surface area contributed by atoms with E-state index in [-0.39, 0.29) is 5.57 Å². The van der Waals surface area contributed by atoms with E-state index in [1.807, 2.05) is 23.5 Å². The number of fused-ring (bicyclic) bond motifs is 2. The fraction of sp³-hybridized carbons (Fsp3) is 0.222. The minimum atomic E-state index is -1.21. The van der Waals surface area contributed by atoms with E-state index in [9.17, 15) is 15.2 Å². The van der Waals surface area contributed by atoms with Crippen LogP contribution in [0.1, 0.15) is 81.2 Å². The number of hydrogen-bond acceptors (Lipinski definition) is 10. The van der Waals surface area contributed by atoms with Gasteiger partial charge in [0.15, 0.2) is 0 Å². The summed E-state index contributed by atoms with van der Waals surface area (Å²) in [7, 11) is 0. The maximum atomic E-state index is 11.5. The Labute approximate surface area is 400 Å². The van der Waals surface area contributed by atoms with E-state index < -0.39 is 5.97 Å². The summed E-state index contributed by atoms with van der Waals surface area (Å²) in [5.74, 6) is -1.21. The summed E-state index contributed by atoms with van der Waals surface area (Å²) in [4.78, 5) is 31.0. The van der Waals surface area contributed by atoms with Crippen LogP contribution in [-0.4, -0.2) is 21.0 Å². The standard InChI is InChI=1S/C54H48N4O2S5/c1-3-5-7-11-17-36-30-48(62-50(36)35-23-25-41(26-24-35)58(39-19-13-9-14-20-39)40-21-15-10-16-22-40)52-56-43-32-47-44(33-46(43)64-52)57-53(65-47)49-31-37(18-12-8-6-4-2)51(63-49)45-28-27-42(61-45)29-38(34-55)54(59)60/h9-10,13-16,19-33H,3-8,11-12,17-18H2,1-2H3,(H,59,60)/b38-29+. The van der Waals surface area contributed by atoms with Crippen LogP contribution >= 0.6 is 56.7 Å². The van der Waals surface area contributed by atoms with Gasteiger partial charge in [-0.05, 0) is 121 Å². The molecule has 0 aliphatic rings. The van der Waals surface area contributed by atoms with Gasteiger partial charge in [0.05, 0.1) is 30.2 Å². The van der Waals surface area contributed by atoms with Gasteiger partial charge in [-0.15, -0.1) is 56.7 Å². The Bertz CT molecular complexity index is 3040. The summed E-state index contributed by atoms with van der Waals surface area (Å²) in [6, 6.07) is 45.1. The van der Waals surface area contributed by atoms with Gasteiger partial charge in [-0.25, -0.2) is 14.8 Å². The molecule has 0 spiro atoms. The first kappa shape index (κ1) is 44.5. The fourth-order valence-corrected chi connectivity index (χ4v) is 13.7. The van der Waals surface area contributed by atoms with Crippen molar-refractivity contribution < 1.29 is 9.90 Å². The van der Waals surface area contributed by atoms with Crippen molar-refractivity contribution in [3.8, 4) is 46.0 Å². The third-order valence-corrected chi connectivity index (χ3v) is 17.4. The number of thiazole rings is 2. The predicted molar refractivity (Wildman–Crippen MR) is 280 cm³/mol. The first-order valence-electron chi connectivity index (χ1n) is 22.3. The lowest BCUT2D eigenvalue weighted by Crippen LogP contribution is -2.09. The molecule has 1 N–H and O–H groups in total. The molecule has 5 heterocycles. The number of aryl methyl sites for hydroxylation is 2.